The summed E-state index contributed by atoms with van der Waals surface area (Å²) in [6, 6.07) is 13.2. The number of benzene rings is 1. The molecule has 5 nitrogen and oxygen atoms in total. The van der Waals surface area contributed by atoms with Gasteiger partial charge in [0.25, 0.3) is 0 Å². The van der Waals surface area contributed by atoms with Crippen molar-refractivity contribution < 1.29 is 9.52 Å². The predicted molar refractivity (Wildman–Crippen MR) is 103 cm³/mol. The molecule has 0 spiro atoms. The molecule has 1 N–H and O–H groups in total. The third-order valence-electron chi connectivity index (χ3n) is 5.60. The van der Waals surface area contributed by atoms with Gasteiger partial charge in [0.2, 0.25) is 0 Å². The summed E-state index contributed by atoms with van der Waals surface area (Å²) in [7, 11) is 0. The third kappa shape index (κ3) is 2.97. The van der Waals surface area contributed by atoms with Crippen LogP contribution in [0.1, 0.15) is 19.1 Å². The minimum atomic E-state index is -0.165. The zero-order chi connectivity index (χ0) is 17.7. The summed E-state index contributed by atoms with van der Waals surface area (Å²) in [6.07, 6.45) is 0.722. The van der Waals surface area contributed by atoms with E-state index in [4.69, 9.17) is 4.42 Å². The molecule has 0 unspecified atom stereocenters. The fourth-order valence-corrected chi connectivity index (χ4v) is 5.18. The molecule has 0 aliphatic carbocycles. The highest BCUT2D eigenvalue weighted by molar-refractivity contribution is 7.21. The van der Waals surface area contributed by atoms with E-state index in [1.807, 2.05) is 24.3 Å². The highest BCUT2D eigenvalue weighted by Gasteiger charge is 2.38. The van der Waals surface area contributed by atoms with Crippen LogP contribution in [0.2, 0.25) is 0 Å². The van der Waals surface area contributed by atoms with Crippen molar-refractivity contribution in [2.75, 3.05) is 19.6 Å². The summed E-state index contributed by atoms with van der Waals surface area (Å²) in [5.41, 5.74) is 1.02. The van der Waals surface area contributed by atoms with E-state index in [2.05, 4.69) is 33.8 Å². The lowest BCUT2D eigenvalue weighted by molar-refractivity contribution is 0.0485. The van der Waals surface area contributed by atoms with E-state index in [0.717, 1.165) is 54.6 Å². The number of para-hydroxylation sites is 1. The van der Waals surface area contributed by atoms with Crippen molar-refractivity contribution in [2.24, 2.45) is 0 Å². The molecule has 26 heavy (non-hydrogen) atoms. The molecule has 2 saturated heterocycles. The maximum Gasteiger partial charge on any atom is 0.163 e. The molecule has 2 aliphatic heterocycles. The van der Waals surface area contributed by atoms with Gasteiger partial charge in [-0.15, -0.1) is 11.3 Å². The van der Waals surface area contributed by atoms with E-state index in [-0.39, 0.29) is 6.10 Å². The Balaban J connectivity index is 1.32. The van der Waals surface area contributed by atoms with E-state index in [0.29, 0.717) is 12.1 Å². The van der Waals surface area contributed by atoms with Crippen LogP contribution in [0.3, 0.4) is 0 Å². The van der Waals surface area contributed by atoms with Crippen LogP contribution in [-0.2, 0) is 6.54 Å². The molecule has 0 bridgehead atoms. The summed E-state index contributed by atoms with van der Waals surface area (Å²) in [4.78, 5) is 9.59. The van der Waals surface area contributed by atoms with Crippen molar-refractivity contribution in [1.82, 2.24) is 14.8 Å². The minimum Gasteiger partial charge on any atom is -0.457 e. The smallest absolute Gasteiger partial charge is 0.163 e. The first-order valence-electron chi connectivity index (χ1n) is 9.26. The highest BCUT2D eigenvalue weighted by Crippen LogP contribution is 2.32. The summed E-state index contributed by atoms with van der Waals surface area (Å²) in [5.74, 6) is 1.84. The average molecular weight is 369 g/mol. The first-order chi connectivity index (χ1) is 12.7. The maximum atomic E-state index is 9.93. The van der Waals surface area contributed by atoms with Crippen molar-refractivity contribution in [3.8, 4) is 10.8 Å². The second kappa shape index (κ2) is 6.46. The van der Waals surface area contributed by atoms with Crippen molar-refractivity contribution in [1.29, 1.82) is 0 Å². The number of fused-ring (bicyclic) bond motifs is 2. The van der Waals surface area contributed by atoms with Gasteiger partial charge in [-0.1, -0.05) is 12.1 Å². The normalized spacial score (nSPS) is 27.2. The topological polar surface area (TPSA) is 52.7 Å². The van der Waals surface area contributed by atoms with E-state index < -0.39 is 0 Å². The molecule has 5 rings (SSSR count). The van der Waals surface area contributed by atoms with Crippen LogP contribution >= 0.6 is 11.3 Å². The molecule has 0 amide bonds. The van der Waals surface area contributed by atoms with E-state index in [1.54, 1.807) is 11.3 Å². The summed E-state index contributed by atoms with van der Waals surface area (Å²) >= 11 is 1.67. The van der Waals surface area contributed by atoms with Gasteiger partial charge in [-0.2, -0.15) is 0 Å². The Bertz CT molecular complexity index is 888. The number of thiazole rings is 1. The number of aromatic nitrogens is 1. The van der Waals surface area contributed by atoms with Crippen molar-refractivity contribution >= 4 is 21.6 Å². The van der Waals surface area contributed by atoms with Gasteiger partial charge in [0.1, 0.15) is 5.76 Å². The van der Waals surface area contributed by atoms with Crippen LogP contribution in [-0.4, -0.2) is 57.7 Å². The van der Waals surface area contributed by atoms with Crippen LogP contribution < -0.4 is 0 Å². The zero-order valence-electron chi connectivity index (χ0n) is 14.8. The SMILES string of the molecule is C[C@@H]1CN2C[C@H](O)C[C@H]2CN1Cc1ccc(-c2nc3ccccc3s2)o1. The van der Waals surface area contributed by atoms with Crippen LogP contribution in [0.25, 0.3) is 21.0 Å². The minimum absolute atomic E-state index is 0.165. The highest BCUT2D eigenvalue weighted by atomic mass is 32.1. The number of nitrogens with zero attached hydrogens (tertiary/aromatic N) is 3. The third-order valence-corrected chi connectivity index (χ3v) is 6.65. The molecule has 3 aromatic rings. The Morgan fingerprint density at radius 1 is 1.19 bits per heavy atom. The molecule has 0 saturated carbocycles. The first-order valence-corrected chi connectivity index (χ1v) is 10.1. The molecule has 1 aromatic carbocycles. The Kier molecular flexibility index (Phi) is 4.09. The number of aliphatic hydroxyl groups is 1. The maximum absolute atomic E-state index is 9.93. The average Bonchev–Trinajstić information content (AvgIpc) is 3.32. The summed E-state index contributed by atoms with van der Waals surface area (Å²) in [5, 5.41) is 10.9. The van der Waals surface area contributed by atoms with Gasteiger partial charge in [-0.25, -0.2) is 4.98 Å². The van der Waals surface area contributed by atoms with Crippen LogP contribution in [0.4, 0.5) is 0 Å². The lowest BCUT2D eigenvalue weighted by Gasteiger charge is -2.41. The molecular formula is C20H23N3O2S. The van der Waals surface area contributed by atoms with Gasteiger partial charge in [0, 0.05) is 31.7 Å². The number of furan rings is 1. The molecule has 4 heterocycles. The lowest BCUT2D eigenvalue weighted by Crippen LogP contribution is -2.54. The quantitative estimate of drug-likeness (QED) is 0.768. The van der Waals surface area contributed by atoms with Gasteiger partial charge >= 0.3 is 0 Å². The van der Waals surface area contributed by atoms with E-state index in [1.165, 1.54) is 4.70 Å². The Hall–Kier alpha value is -1.73. The van der Waals surface area contributed by atoms with E-state index >= 15 is 0 Å². The predicted octanol–water partition coefficient (Wildman–Crippen LogP) is 3.20. The first kappa shape index (κ1) is 16.4. The lowest BCUT2D eigenvalue weighted by atomic mass is 10.1. The van der Waals surface area contributed by atoms with Crippen molar-refractivity contribution in [3.63, 3.8) is 0 Å². The summed E-state index contributed by atoms with van der Waals surface area (Å²) in [6.45, 7) is 5.92. The second-order valence-electron chi connectivity index (χ2n) is 7.53. The number of aliphatic hydroxyl groups excluding tert-OH is 1. The molecule has 0 radical (unpaired) electrons. The van der Waals surface area contributed by atoms with Gasteiger partial charge in [-0.3, -0.25) is 9.80 Å². The molecule has 2 fully saturated rings. The Morgan fingerprint density at radius 2 is 2.08 bits per heavy atom. The summed E-state index contributed by atoms with van der Waals surface area (Å²) < 4.78 is 7.31. The van der Waals surface area contributed by atoms with Crippen molar-refractivity contribution in [3.05, 3.63) is 42.2 Å². The van der Waals surface area contributed by atoms with Gasteiger partial charge in [0.05, 0.1) is 22.9 Å². The van der Waals surface area contributed by atoms with Gasteiger partial charge in [-0.05, 0) is 37.6 Å². The van der Waals surface area contributed by atoms with Crippen LogP contribution in [0, 0.1) is 0 Å². The Morgan fingerprint density at radius 3 is 2.96 bits per heavy atom. The molecule has 6 heteroatoms. The van der Waals surface area contributed by atoms with Crippen LogP contribution in [0.15, 0.2) is 40.8 Å². The number of rotatable bonds is 3. The van der Waals surface area contributed by atoms with Crippen LogP contribution in [0.5, 0.6) is 0 Å². The monoisotopic (exact) mass is 369 g/mol. The standard InChI is InChI=1S/C20H23N3O2S/c1-13-9-23-11-15(24)8-14(23)10-22(13)12-16-6-7-18(25-16)20-21-17-4-2-3-5-19(17)26-20/h2-7,13-15,24H,8-12H2,1H3/t13-,14+,15-/m1/s1. The molecule has 2 aromatic heterocycles. The van der Waals surface area contributed by atoms with Gasteiger partial charge < -0.3 is 9.52 Å². The fraction of sp³-hybridized carbons (Fsp3) is 0.450. The molecule has 2 aliphatic rings. The van der Waals surface area contributed by atoms with Gasteiger partial charge in [0.15, 0.2) is 10.8 Å². The van der Waals surface area contributed by atoms with Crippen molar-refractivity contribution in [2.45, 2.75) is 38.1 Å². The number of hydrogen-bond donors (Lipinski definition) is 1. The molecule has 3 atom stereocenters. The van der Waals surface area contributed by atoms with E-state index in [9.17, 15) is 5.11 Å². The zero-order valence-corrected chi connectivity index (χ0v) is 15.7. The fourth-order valence-electron chi connectivity index (χ4n) is 4.25. The molecule has 136 valence electrons. The second-order valence-corrected chi connectivity index (χ2v) is 8.56. The largest absolute Gasteiger partial charge is 0.457 e. The number of hydrogen-bond acceptors (Lipinski definition) is 6. The number of piperazine rings is 1. The molecular weight excluding hydrogens is 346 g/mol. The Labute approximate surface area is 156 Å².